The van der Waals surface area contributed by atoms with Crippen molar-refractivity contribution in [2.45, 2.75) is 24.2 Å². The molecule has 23 heavy (non-hydrogen) atoms. The molecule has 0 aliphatic rings. The van der Waals surface area contributed by atoms with Crippen molar-refractivity contribution in [1.82, 2.24) is 0 Å². The topological polar surface area (TPSA) is 0 Å². The van der Waals surface area contributed by atoms with Crippen molar-refractivity contribution in [3.8, 4) is 22.3 Å². The normalized spacial score (nSPS) is 11.5. The molecule has 0 N–H and O–H groups in total. The monoisotopic (exact) mass is 362 g/mol. The van der Waals surface area contributed by atoms with Gasteiger partial charge in [-0.2, -0.15) is 0 Å². The molecule has 0 saturated carbocycles. The SMILES string of the molecule is Cc1ccc(-c2cc[c]([Ge]([CH3])([CH3])[CH3])cc2)cc1-c1ccccc1. The average Bonchev–Trinajstić information content (AvgIpc) is 2.55. The number of hydrogen-bond donors (Lipinski definition) is 0. The van der Waals surface area contributed by atoms with Crippen molar-refractivity contribution in [1.29, 1.82) is 0 Å². The summed E-state index contributed by atoms with van der Waals surface area (Å²) in [6, 6.07) is 26.6. The van der Waals surface area contributed by atoms with Crippen molar-refractivity contribution < 1.29 is 0 Å². The number of aryl methyl sites for hydroxylation is 1. The summed E-state index contributed by atoms with van der Waals surface area (Å²) in [4.78, 5) is 0. The summed E-state index contributed by atoms with van der Waals surface area (Å²) in [5.74, 6) is 7.32. The molecule has 0 radical (unpaired) electrons. The standard InChI is InChI=1S/C22H24Ge/c1-17-10-11-20(16-22(17)19-8-6-5-7-9-19)18-12-14-21(15-13-18)23(2,3)4/h5-16H,1-4H3. The molecular formula is C22H24Ge. The van der Waals surface area contributed by atoms with Crippen molar-refractivity contribution in [2.75, 3.05) is 0 Å². The van der Waals surface area contributed by atoms with Crippen LogP contribution in [0.3, 0.4) is 0 Å². The van der Waals surface area contributed by atoms with E-state index in [2.05, 4.69) is 97.0 Å². The van der Waals surface area contributed by atoms with E-state index in [1.807, 2.05) is 0 Å². The Balaban J connectivity index is 2.01. The van der Waals surface area contributed by atoms with Gasteiger partial charge < -0.3 is 0 Å². The van der Waals surface area contributed by atoms with E-state index < -0.39 is 13.3 Å². The van der Waals surface area contributed by atoms with Gasteiger partial charge in [0.2, 0.25) is 0 Å². The molecule has 0 spiro atoms. The van der Waals surface area contributed by atoms with Gasteiger partial charge in [-0.05, 0) is 0 Å². The Kier molecular flexibility index (Phi) is 4.45. The van der Waals surface area contributed by atoms with Crippen LogP contribution in [0.2, 0.25) is 17.3 Å². The van der Waals surface area contributed by atoms with Gasteiger partial charge in [0, 0.05) is 0 Å². The Hall–Kier alpha value is -1.80. The molecule has 0 bridgehead atoms. The zero-order valence-corrected chi connectivity index (χ0v) is 16.5. The molecule has 116 valence electrons. The molecule has 0 aliphatic heterocycles. The fourth-order valence-electron chi connectivity index (χ4n) is 2.89. The number of rotatable bonds is 3. The van der Waals surface area contributed by atoms with E-state index >= 15 is 0 Å². The number of benzene rings is 3. The molecule has 0 saturated heterocycles. The van der Waals surface area contributed by atoms with Crippen molar-refractivity contribution in [3.05, 3.63) is 78.4 Å². The van der Waals surface area contributed by atoms with E-state index in [0.717, 1.165) is 0 Å². The molecule has 3 rings (SSSR count). The van der Waals surface area contributed by atoms with Gasteiger partial charge in [-0.1, -0.05) is 0 Å². The molecule has 0 aromatic heterocycles. The summed E-state index contributed by atoms with van der Waals surface area (Å²) in [5.41, 5.74) is 6.52. The molecule has 0 amide bonds. The molecule has 0 unspecified atom stereocenters. The van der Waals surface area contributed by atoms with Gasteiger partial charge in [-0.25, -0.2) is 0 Å². The van der Waals surface area contributed by atoms with E-state index in [4.69, 9.17) is 0 Å². The second kappa shape index (κ2) is 6.37. The molecule has 0 atom stereocenters. The first kappa shape index (κ1) is 16.1. The molecular weight excluding hydrogens is 337 g/mol. The predicted molar refractivity (Wildman–Crippen MR) is 105 cm³/mol. The summed E-state index contributed by atoms with van der Waals surface area (Å²) in [6.07, 6.45) is 0. The van der Waals surface area contributed by atoms with Crippen LogP contribution in [-0.2, 0) is 0 Å². The van der Waals surface area contributed by atoms with Crippen LogP contribution in [0.15, 0.2) is 72.8 Å². The first-order valence-electron chi connectivity index (χ1n) is 8.22. The van der Waals surface area contributed by atoms with Gasteiger partial charge in [0.1, 0.15) is 0 Å². The van der Waals surface area contributed by atoms with Gasteiger partial charge in [0.15, 0.2) is 0 Å². The molecule has 0 fully saturated rings. The van der Waals surface area contributed by atoms with Crippen LogP contribution in [0, 0.1) is 6.92 Å². The minimum atomic E-state index is -1.73. The van der Waals surface area contributed by atoms with Crippen LogP contribution in [0.4, 0.5) is 0 Å². The van der Waals surface area contributed by atoms with Gasteiger partial charge in [-0.15, -0.1) is 0 Å². The summed E-state index contributed by atoms with van der Waals surface area (Å²) in [7, 11) is 0. The Morgan fingerprint density at radius 1 is 0.609 bits per heavy atom. The van der Waals surface area contributed by atoms with Crippen LogP contribution in [0.25, 0.3) is 22.3 Å². The summed E-state index contributed by atoms with van der Waals surface area (Å²) < 4.78 is 1.56. The molecule has 3 aromatic carbocycles. The summed E-state index contributed by atoms with van der Waals surface area (Å²) >= 11 is -1.73. The Bertz CT molecular complexity index is 794. The van der Waals surface area contributed by atoms with Gasteiger partial charge >= 0.3 is 142 Å². The van der Waals surface area contributed by atoms with Crippen LogP contribution in [-0.4, -0.2) is 13.3 Å². The fraction of sp³-hybridized carbons (Fsp3) is 0.182. The molecule has 0 aliphatic carbocycles. The zero-order chi connectivity index (χ0) is 16.4. The zero-order valence-electron chi connectivity index (χ0n) is 14.4. The molecule has 0 heterocycles. The van der Waals surface area contributed by atoms with Crippen molar-refractivity contribution in [3.63, 3.8) is 0 Å². The first-order valence-corrected chi connectivity index (χ1v) is 15.6. The van der Waals surface area contributed by atoms with Crippen LogP contribution in [0.5, 0.6) is 0 Å². The predicted octanol–water partition coefficient (Wildman–Crippen LogP) is 5.87. The maximum absolute atomic E-state index is 2.44. The van der Waals surface area contributed by atoms with E-state index in [-0.39, 0.29) is 0 Å². The Labute approximate surface area is 142 Å². The van der Waals surface area contributed by atoms with E-state index in [9.17, 15) is 0 Å². The second-order valence-corrected chi connectivity index (χ2v) is 17.9. The quantitative estimate of drug-likeness (QED) is 0.512. The van der Waals surface area contributed by atoms with E-state index in [1.165, 1.54) is 27.8 Å². The van der Waals surface area contributed by atoms with Gasteiger partial charge in [0.05, 0.1) is 0 Å². The minimum absolute atomic E-state index is 1.29. The van der Waals surface area contributed by atoms with E-state index in [0.29, 0.717) is 0 Å². The molecule has 0 nitrogen and oxygen atoms in total. The Morgan fingerprint density at radius 2 is 1.22 bits per heavy atom. The van der Waals surface area contributed by atoms with Crippen molar-refractivity contribution >= 4 is 17.7 Å². The maximum atomic E-state index is 2.44. The van der Waals surface area contributed by atoms with Gasteiger partial charge in [0.25, 0.3) is 0 Å². The van der Waals surface area contributed by atoms with Crippen molar-refractivity contribution in [2.24, 2.45) is 0 Å². The second-order valence-electron chi connectivity index (χ2n) is 7.22. The summed E-state index contributed by atoms with van der Waals surface area (Å²) in [6.45, 7) is 2.18. The van der Waals surface area contributed by atoms with Crippen LogP contribution >= 0.6 is 0 Å². The molecule has 3 aromatic rings. The van der Waals surface area contributed by atoms with Gasteiger partial charge in [-0.3, -0.25) is 0 Å². The van der Waals surface area contributed by atoms with E-state index in [1.54, 1.807) is 4.40 Å². The third-order valence-corrected chi connectivity index (χ3v) is 8.74. The Morgan fingerprint density at radius 3 is 1.83 bits per heavy atom. The van der Waals surface area contributed by atoms with Crippen LogP contribution < -0.4 is 4.40 Å². The third kappa shape index (κ3) is 3.59. The first-order chi connectivity index (χ1) is 10.9. The number of hydrogen-bond acceptors (Lipinski definition) is 0. The van der Waals surface area contributed by atoms with Crippen LogP contribution in [0.1, 0.15) is 5.56 Å². The molecule has 1 heteroatoms. The summed E-state index contributed by atoms with van der Waals surface area (Å²) in [5, 5.41) is 0. The third-order valence-electron chi connectivity index (χ3n) is 4.41. The fourth-order valence-corrected chi connectivity index (χ4v) is 5.34. The average molecular weight is 361 g/mol.